The summed E-state index contributed by atoms with van der Waals surface area (Å²) in [5.41, 5.74) is 0. The summed E-state index contributed by atoms with van der Waals surface area (Å²) in [5, 5.41) is 8.68. The van der Waals surface area contributed by atoms with E-state index in [-0.39, 0.29) is 5.92 Å². The molecule has 0 aromatic heterocycles. The molecule has 0 aliphatic carbocycles. The van der Waals surface area contributed by atoms with Crippen molar-refractivity contribution in [3.63, 3.8) is 0 Å². The molecule has 1 aliphatic rings. The maximum absolute atomic E-state index is 10.5. The number of rotatable bonds is 3. The van der Waals surface area contributed by atoms with Gasteiger partial charge in [0, 0.05) is 13.2 Å². The van der Waals surface area contributed by atoms with Crippen molar-refractivity contribution in [3.05, 3.63) is 0 Å². The van der Waals surface area contributed by atoms with E-state index in [0.717, 1.165) is 32.5 Å². The molecule has 0 unspecified atom stereocenters. The third-order valence-electron chi connectivity index (χ3n) is 2.45. The number of ether oxygens (including phenoxy) is 1. The van der Waals surface area contributed by atoms with Crippen LogP contribution >= 0.6 is 0 Å². The maximum atomic E-state index is 10.5. The lowest BCUT2D eigenvalue weighted by Crippen LogP contribution is -2.21. The summed E-state index contributed by atoms with van der Waals surface area (Å²) < 4.78 is 5.19. The van der Waals surface area contributed by atoms with E-state index in [9.17, 15) is 4.79 Å². The number of carboxylic acids is 1. The molecule has 1 fully saturated rings. The van der Waals surface area contributed by atoms with Crippen LogP contribution in [0.1, 0.15) is 26.2 Å². The zero-order valence-electron chi connectivity index (χ0n) is 7.45. The normalized spacial score (nSPS) is 22.1. The molecule has 1 saturated heterocycles. The number of aliphatic carboxylic acids is 1. The van der Waals surface area contributed by atoms with Crippen LogP contribution in [0.5, 0.6) is 0 Å². The number of hydrogen-bond donors (Lipinski definition) is 1. The Morgan fingerprint density at radius 2 is 2.17 bits per heavy atom. The number of hydrogen-bond acceptors (Lipinski definition) is 2. The molecule has 0 radical (unpaired) electrons. The monoisotopic (exact) mass is 172 g/mol. The zero-order valence-corrected chi connectivity index (χ0v) is 7.45. The molecular weight excluding hydrogens is 156 g/mol. The average molecular weight is 172 g/mol. The van der Waals surface area contributed by atoms with Crippen LogP contribution < -0.4 is 0 Å². The van der Waals surface area contributed by atoms with Crippen LogP contribution in [0.25, 0.3) is 0 Å². The van der Waals surface area contributed by atoms with E-state index in [2.05, 4.69) is 0 Å². The largest absolute Gasteiger partial charge is 0.481 e. The topological polar surface area (TPSA) is 46.5 Å². The Hall–Kier alpha value is -0.570. The summed E-state index contributed by atoms with van der Waals surface area (Å²) >= 11 is 0. The Morgan fingerprint density at radius 3 is 2.67 bits per heavy atom. The van der Waals surface area contributed by atoms with Gasteiger partial charge in [0.15, 0.2) is 0 Å². The molecule has 70 valence electrons. The van der Waals surface area contributed by atoms with Gasteiger partial charge in [0.05, 0.1) is 5.92 Å². The first-order valence-electron chi connectivity index (χ1n) is 4.50. The van der Waals surface area contributed by atoms with Gasteiger partial charge >= 0.3 is 5.97 Å². The molecule has 3 heteroatoms. The lowest BCUT2D eigenvalue weighted by atomic mass is 9.90. The molecule has 12 heavy (non-hydrogen) atoms. The Kier molecular flexibility index (Phi) is 3.53. The number of carboxylic acid groups (broad SMARTS) is 1. The molecule has 0 bridgehead atoms. The summed E-state index contributed by atoms with van der Waals surface area (Å²) in [6, 6.07) is 0. The van der Waals surface area contributed by atoms with Gasteiger partial charge in [-0.05, 0) is 25.2 Å². The van der Waals surface area contributed by atoms with Crippen molar-refractivity contribution in [3.8, 4) is 0 Å². The van der Waals surface area contributed by atoms with Gasteiger partial charge in [-0.3, -0.25) is 4.79 Å². The molecule has 0 aromatic carbocycles. The van der Waals surface area contributed by atoms with Crippen molar-refractivity contribution in [2.24, 2.45) is 11.8 Å². The second-order valence-electron chi connectivity index (χ2n) is 3.53. The lowest BCUT2D eigenvalue weighted by Gasteiger charge is -2.23. The molecule has 1 rings (SSSR count). The van der Waals surface area contributed by atoms with Crippen LogP contribution in [0.15, 0.2) is 0 Å². The Bertz CT molecular complexity index is 150. The van der Waals surface area contributed by atoms with E-state index < -0.39 is 5.97 Å². The highest BCUT2D eigenvalue weighted by Gasteiger charge is 2.20. The zero-order chi connectivity index (χ0) is 8.97. The highest BCUT2D eigenvalue weighted by molar-refractivity contribution is 5.69. The summed E-state index contributed by atoms with van der Waals surface area (Å²) in [5.74, 6) is -0.320. The number of carbonyl (C=O) groups is 1. The fourth-order valence-corrected chi connectivity index (χ4v) is 1.58. The molecule has 1 heterocycles. The smallest absolute Gasteiger partial charge is 0.306 e. The molecule has 1 N–H and O–H groups in total. The lowest BCUT2D eigenvalue weighted by molar-refractivity contribution is -0.142. The molecule has 3 nitrogen and oxygen atoms in total. The van der Waals surface area contributed by atoms with Gasteiger partial charge < -0.3 is 9.84 Å². The first-order valence-corrected chi connectivity index (χ1v) is 4.50. The van der Waals surface area contributed by atoms with Crippen LogP contribution in [0, 0.1) is 11.8 Å². The second-order valence-corrected chi connectivity index (χ2v) is 3.53. The predicted molar refractivity (Wildman–Crippen MR) is 45.0 cm³/mol. The minimum Gasteiger partial charge on any atom is -0.481 e. The van der Waals surface area contributed by atoms with E-state index >= 15 is 0 Å². The molecule has 1 aliphatic heterocycles. The first-order chi connectivity index (χ1) is 5.70. The van der Waals surface area contributed by atoms with Crippen LogP contribution in [-0.4, -0.2) is 24.3 Å². The van der Waals surface area contributed by atoms with Crippen LogP contribution in [0.4, 0.5) is 0 Å². The van der Waals surface area contributed by atoms with Crippen molar-refractivity contribution in [1.82, 2.24) is 0 Å². The van der Waals surface area contributed by atoms with Crippen molar-refractivity contribution in [1.29, 1.82) is 0 Å². The summed E-state index contributed by atoms with van der Waals surface area (Å²) in [4.78, 5) is 10.5. The first kappa shape index (κ1) is 9.52. The highest BCUT2D eigenvalue weighted by atomic mass is 16.5. The Morgan fingerprint density at radius 1 is 1.58 bits per heavy atom. The van der Waals surface area contributed by atoms with Gasteiger partial charge in [0.1, 0.15) is 0 Å². The van der Waals surface area contributed by atoms with Crippen molar-refractivity contribution < 1.29 is 14.6 Å². The van der Waals surface area contributed by atoms with E-state index in [4.69, 9.17) is 9.84 Å². The standard InChI is InChI=1S/C9H16O3/c1-7(9(10)11)6-8-2-4-12-5-3-8/h7-8H,2-6H2,1H3,(H,10,11)/t7-/m0/s1. The molecular formula is C9H16O3. The molecule has 0 aromatic rings. The van der Waals surface area contributed by atoms with Crippen molar-refractivity contribution in [2.45, 2.75) is 26.2 Å². The molecule has 0 saturated carbocycles. The van der Waals surface area contributed by atoms with Crippen molar-refractivity contribution >= 4 is 5.97 Å². The third-order valence-corrected chi connectivity index (χ3v) is 2.45. The summed E-state index contributed by atoms with van der Waals surface area (Å²) in [7, 11) is 0. The quantitative estimate of drug-likeness (QED) is 0.702. The second kappa shape index (κ2) is 4.45. The fourth-order valence-electron chi connectivity index (χ4n) is 1.58. The highest BCUT2D eigenvalue weighted by Crippen LogP contribution is 2.22. The molecule has 0 spiro atoms. The van der Waals surface area contributed by atoms with Gasteiger partial charge in [0.25, 0.3) is 0 Å². The minimum atomic E-state index is -0.679. The van der Waals surface area contributed by atoms with Gasteiger partial charge in [0.2, 0.25) is 0 Å². The summed E-state index contributed by atoms with van der Waals surface area (Å²) in [6.07, 6.45) is 2.86. The van der Waals surface area contributed by atoms with Crippen LogP contribution in [0.2, 0.25) is 0 Å². The van der Waals surface area contributed by atoms with E-state index in [1.54, 1.807) is 6.92 Å². The van der Waals surface area contributed by atoms with Gasteiger partial charge in [-0.15, -0.1) is 0 Å². The Balaban J connectivity index is 2.24. The van der Waals surface area contributed by atoms with E-state index in [0.29, 0.717) is 5.92 Å². The maximum Gasteiger partial charge on any atom is 0.306 e. The summed E-state index contributed by atoms with van der Waals surface area (Å²) in [6.45, 7) is 3.38. The van der Waals surface area contributed by atoms with Crippen molar-refractivity contribution in [2.75, 3.05) is 13.2 Å². The SMILES string of the molecule is C[C@@H](CC1CCOCC1)C(=O)O. The fraction of sp³-hybridized carbons (Fsp3) is 0.889. The molecule has 1 atom stereocenters. The van der Waals surface area contributed by atoms with E-state index in [1.165, 1.54) is 0 Å². The van der Waals surface area contributed by atoms with Crippen LogP contribution in [0.3, 0.4) is 0 Å². The predicted octanol–water partition coefficient (Wildman–Crippen LogP) is 1.52. The third kappa shape index (κ3) is 2.81. The molecule has 0 amide bonds. The Labute approximate surface area is 72.7 Å². The van der Waals surface area contributed by atoms with Gasteiger partial charge in [-0.25, -0.2) is 0 Å². The van der Waals surface area contributed by atoms with Gasteiger partial charge in [-0.2, -0.15) is 0 Å². The van der Waals surface area contributed by atoms with Gasteiger partial charge in [-0.1, -0.05) is 6.92 Å². The van der Waals surface area contributed by atoms with Crippen LogP contribution in [-0.2, 0) is 9.53 Å². The van der Waals surface area contributed by atoms with E-state index in [1.807, 2.05) is 0 Å². The minimum absolute atomic E-state index is 0.201. The average Bonchev–Trinajstić information content (AvgIpc) is 2.06.